The molecule has 3 heteroatoms. The van der Waals surface area contributed by atoms with Crippen LogP contribution in [0.5, 0.6) is 0 Å². The van der Waals surface area contributed by atoms with Crippen LogP contribution in [-0.2, 0) is 0 Å². The van der Waals surface area contributed by atoms with Gasteiger partial charge in [-0.05, 0) is 34.4 Å². The smallest absolute Gasteiger partial charge is 0.145 e. The molecule has 0 radical (unpaired) electrons. The highest BCUT2D eigenvalue weighted by Crippen LogP contribution is 2.35. The highest BCUT2D eigenvalue weighted by molar-refractivity contribution is 6.21. The summed E-state index contributed by atoms with van der Waals surface area (Å²) in [5, 5.41) is 8.47. The average Bonchev–Trinajstić information content (AvgIpc) is 3.16. The third kappa shape index (κ3) is 1.64. The lowest BCUT2D eigenvalue weighted by atomic mass is 9.99. The molecule has 0 aliphatic rings. The van der Waals surface area contributed by atoms with Gasteiger partial charge in [0, 0.05) is 46.3 Å². The minimum atomic E-state index is 0.998. The Morgan fingerprint density at radius 1 is 0.680 bits per heavy atom. The van der Waals surface area contributed by atoms with Crippen LogP contribution in [0.3, 0.4) is 0 Å². The monoisotopic (exact) mass is 319 g/mol. The predicted octanol–water partition coefficient (Wildman–Crippen LogP) is 5.34. The molecule has 6 rings (SSSR count). The van der Waals surface area contributed by atoms with E-state index in [1.807, 2.05) is 18.6 Å². The Bertz CT molecular complexity index is 1440. The number of hydrogen-bond donors (Lipinski definition) is 0. The van der Waals surface area contributed by atoms with Crippen LogP contribution in [0.4, 0.5) is 0 Å². The number of benzene rings is 3. The third-order valence-electron chi connectivity index (χ3n) is 5.09. The minimum absolute atomic E-state index is 0.998. The molecule has 6 aromatic rings. The molecule has 0 saturated heterocycles. The number of imidazole rings is 1. The van der Waals surface area contributed by atoms with E-state index >= 15 is 0 Å². The second-order valence-electron chi connectivity index (χ2n) is 6.42. The first kappa shape index (κ1) is 12.9. The van der Waals surface area contributed by atoms with Crippen LogP contribution < -0.4 is 0 Å². The van der Waals surface area contributed by atoms with Crippen LogP contribution >= 0.6 is 0 Å². The quantitative estimate of drug-likeness (QED) is 0.279. The van der Waals surface area contributed by atoms with E-state index in [2.05, 4.69) is 75.2 Å². The van der Waals surface area contributed by atoms with E-state index in [0.717, 1.165) is 11.0 Å². The molecule has 0 spiro atoms. The Morgan fingerprint density at radius 3 is 2.60 bits per heavy atom. The predicted molar refractivity (Wildman–Crippen MR) is 103 cm³/mol. The second kappa shape index (κ2) is 4.54. The van der Waals surface area contributed by atoms with Gasteiger partial charge in [0.1, 0.15) is 5.65 Å². The Kier molecular flexibility index (Phi) is 2.35. The number of rotatable bonds is 0. The first-order chi connectivity index (χ1) is 12.4. The van der Waals surface area contributed by atoms with Gasteiger partial charge < -0.3 is 0 Å². The number of hydrogen-bond acceptors (Lipinski definition) is 2. The second-order valence-corrected chi connectivity index (χ2v) is 6.42. The summed E-state index contributed by atoms with van der Waals surface area (Å²) in [7, 11) is 0. The summed E-state index contributed by atoms with van der Waals surface area (Å²) in [6.07, 6.45) is 7.70. The molecule has 3 aromatic carbocycles. The van der Waals surface area contributed by atoms with Crippen LogP contribution in [0, 0.1) is 0 Å². The van der Waals surface area contributed by atoms with Gasteiger partial charge >= 0.3 is 0 Å². The van der Waals surface area contributed by atoms with Crippen molar-refractivity contribution in [2.24, 2.45) is 0 Å². The Balaban J connectivity index is 2.00. The average molecular weight is 319 g/mol. The molecule has 0 aliphatic heterocycles. The summed E-state index contributed by atoms with van der Waals surface area (Å²) in [5.74, 6) is 0. The van der Waals surface area contributed by atoms with E-state index in [1.165, 1.54) is 37.8 Å². The van der Waals surface area contributed by atoms with E-state index < -0.39 is 0 Å². The summed E-state index contributed by atoms with van der Waals surface area (Å²) >= 11 is 0. The highest BCUT2D eigenvalue weighted by atomic mass is 15.0. The molecule has 3 aromatic heterocycles. The largest absolute Gasteiger partial charge is 0.299 e. The van der Waals surface area contributed by atoms with Crippen molar-refractivity contribution in [2.45, 2.75) is 0 Å². The normalized spacial score (nSPS) is 12.0. The lowest BCUT2D eigenvalue weighted by Crippen LogP contribution is -1.92. The fourth-order valence-electron chi connectivity index (χ4n) is 3.96. The van der Waals surface area contributed by atoms with Crippen molar-refractivity contribution < 1.29 is 0 Å². The topological polar surface area (TPSA) is 30.2 Å². The van der Waals surface area contributed by atoms with Gasteiger partial charge in [-0.25, -0.2) is 4.98 Å². The molecule has 3 heterocycles. The number of aromatic nitrogens is 3. The van der Waals surface area contributed by atoms with Gasteiger partial charge in [-0.2, -0.15) is 0 Å². The molecule has 0 fully saturated rings. The molecule has 0 bridgehead atoms. The van der Waals surface area contributed by atoms with Gasteiger partial charge in [0.15, 0.2) is 0 Å². The first-order valence-electron chi connectivity index (χ1n) is 8.34. The Labute approximate surface area is 143 Å². The van der Waals surface area contributed by atoms with E-state index in [0.29, 0.717) is 0 Å². The van der Waals surface area contributed by atoms with Gasteiger partial charge in [0.05, 0.1) is 5.52 Å². The van der Waals surface area contributed by atoms with Crippen LogP contribution in [-0.4, -0.2) is 14.4 Å². The van der Waals surface area contributed by atoms with Crippen molar-refractivity contribution in [1.82, 2.24) is 14.4 Å². The van der Waals surface area contributed by atoms with Crippen LogP contribution in [0.15, 0.2) is 79.4 Å². The van der Waals surface area contributed by atoms with Crippen LogP contribution in [0.25, 0.3) is 48.9 Å². The number of nitrogens with zero attached hydrogens (tertiary/aromatic N) is 3. The third-order valence-corrected chi connectivity index (χ3v) is 5.09. The molecule has 0 atom stereocenters. The molecule has 0 saturated carbocycles. The fourth-order valence-corrected chi connectivity index (χ4v) is 3.96. The van der Waals surface area contributed by atoms with Crippen molar-refractivity contribution in [3.8, 4) is 0 Å². The van der Waals surface area contributed by atoms with Gasteiger partial charge in [0.25, 0.3) is 0 Å². The van der Waals surface area contributed by atoms with E-state index in [1.54, 1.807) is 0 Å². The molecule has 3 nitrogen and oxygen atoms in total. The summed E-state index contributed by atoms with van der Waals surface area (Å²) in [6, 6.07) is 19.5. The van der Waals surface area contributed by atoms with E-state index in [-0.39, 0.29) is 0 Å². The molecule has 0 aliphatic carbocycles. The van der Waals surface area contributed by atoms with Crippen LogP contribution in [0.2, 0.25) is 0 Å². The number of fused-ring (bicyclic) bond motifs is 9. The van der Waals surface area contributed by atoms with Crippen molar-refractivity contribution in [3.63, 3.8) is 0 Å². The van der Waals surface area contributed by atoms with E-state index in [4.69, 9.17) is 0 Å². The Morgan fingerprint density at radius 2 is 1.60 bits per heavy atom. The van der Waals surface area contributed by atoms with Gasteiger partial charge in [-0.3, -0.25) is 9.38 Å². The molecule has 116 valence electrons. The van der Waals surface area contributed by atoms with Gasteiger partial charge in [0.2, 0.25) is 0 Å². The maximum Gasteiger partial charge on any atom is 0.145 e. The van der Waals surface area contributed by atoms with Crippen LogP contribution in [0.1, 0.15) is 0 Å². The molecular formula is C22H13N3. The lowest BCUT2D eigenvalue weighted by molar-refractivity contribution is 1.28. The molecule has 0 N–H and O–H groups in total. The number of pyridine rings is 2. The minimum Gasteiger partial charge on any atom is -0.299 e. The summed E-state index contributed by atoms with van der Waals surface area (Å²) < 4.78 is 2.22. The summed E-state index contributed by atoms with van der Waals surface area (Å²) in [4.78, 5) is 8.94. The zero-order chi connectivity index (χ0) is 16.4. The maximum absolute atomic E-state index is 4.66. The zero-order valence-corrected chi connectivity index (χ0v) is 13.3. The van der Waals surface area contributed by atoms with Gasteiger partial charge in [-0.15, -0.1) is 0 Å². The lowest BCUT2D eigenvalue weighted by Gasteiger charge is -2.12. The zero-order valence-electron chi connectivity index (χ0n) is 13.3. The summed E-state index contributed by atoms with van der Waals surface area (Å²) in [6.45, 7) is 0. The van der Waals surface area contributed by atoms with E-state index in [9.17, 15) is 0 Å². The maximum atomic E-state index is 4.66. The Hall–Kier alpha value is -3.46. The van der Waals surface area contributed by atoms with Crippen molar-refractivity contribution >= 4 is 48.9 Å². The van der Waals surface area contributed by atoms with Gasteiger partial charge in [-0.1, -0.05) is 36.4 Å². The van der Waals surface area contributed by atoms with Crippen molar-refractivity contribution in [2.75, 3.05) is 0 Å². The van der Waals surface area contributed by atoms with Crippen molar-refractivity contribution in [3.05, 3.63) is 79.4 Å². The van der Waals surface area contributed by atoms with Crippen molar-refractivity contribution in [1.29, 1.82) is 0 Å². The standard InChI is InChI=1S/C22H13N3/c1-2-4-17-14(3-1)5-6-18-19-12-16-13-23-8-7-15(16)11-20(19)22-24-9-10-25(22)21(17)18/h1-13H. The first-order valence-corrected chi connectivity index (χ1v) is 8.34. The SMILES string of the molecule is c1ccc2c(c1)ccc1c3cc4cnccc4cc3c3nccn3c21. The fraction of sp³-hybridized carbons (Fsp3) is 0. The highest BCUT2D eigenvalue weighted by Gasteiger charge is 2.12. The molecule has 25 heavy (non-hydrogen) atoms. The molecule has 0 unspecified atom stereocenters. The summed E-state index contributed by atoms with van der Waals surface area (Å²) in [5.41, 5.74) is 2.21. The molecule has 0 amide bonds. The molecular weight excluding hydrogens is 306 g/mol.